The van der Waals surface area contributed by atoms with Crippen molar-refractivity contribution in [3.63, 3.8) is 0 Å². The van der Waals surface area contributed by atoms with Crippen molar-refractivity contribution in [2.24, 2.45) is 0 Å². The first-order chi connectivity index (χ1) is 14.5. The number of hydrogen-bond donors (Lipinski definition) is 1. The van der Waals surface area contributed by atoms with E-state index in [-0.39, 0.29) is 5.91 Å². The molecular weight excluding hydrogens is 378 g/mol. The monoisotopic (exact) mass is 411 g/mol. The molecule has 0 spiro atoms. The van der Waals surface area contributed by atoms with Crippen molar-refractivity contribution in [2.45, 2.75) is 39.3 Å². The summed E-state index contributed by atoms with van der Waals surface area (Å²) in [4.78, 5) is 22.1. The van der Waals surface area contributed by atoms with Crippen molar-refractivity contribution in [1.29, 1.82) is 0 Å². The van der Waals surface area contributed by atoms with Gasteiger partial charge in [-0.05, 0) is 64.5 Å². The van der Waals surface area contributed by atoms with Gasteiger partial charge in [-0.25, -0.2) is 4.98 Å². The largest absolute Gasteiger partial charge is 0.378 e. The Hall–Kier alpha value is -2.38. The minimum Gasteiger partial charge on any atom is -0.378 e. The molecule has 2 saturated heterocycles. The van der Waals surface area contributed by atoms with Crippen molar-refractivity contribution in [1.82, 2.24) is 19.8 Å². The maximum atomic E-state index is 12.8. The third kappa shape index (κ3) is 4.52. The maximum Gasteiger partial charge on any atom is 0.272 e. The third-order valence-corrected chi connectivity index (χ3v) is 6.36. The molecule has 2 aromatic rings. The quantitative estimate of drug-likeness (QED) is 0.819. The van der Waals surface area contributed by atoms with Crippen LogP contribution in [0.15, 0.2) is 24.3 Å². The summed E-state index contributed by atoms with van der Waals surface area (Å²) in [5.41, 5.74) is 3.82. The summed E-state index contributed by atoms with van der Waals surface area (Å²) in [6.07, 6.45) is 2.20. The lowest BCUT2D eigenvalue weighted by Gasteiger charge is -2.31. The zero-order valence-electron chi connectivity index (χ0n) is 18.4. The van der Waals surface area contributed by atoms with E-state index in [2.05, 4.69) is 56.0 Å². The van der Waals surface area contributed by atoms with E-state index < -0.39 is 0 Å². The van der Waals surface area contributed by atoms with Gasteiger partial charge in [0.1, 0.15) is 11.5 Å². The number of nitrogens with zero attached hydrogens (tertiary/aromatic N) is 4. The Bertz CT molecular complexity index is 862. The number of morpholine rings is 1. The average molecular weight is 412 g/mol. The standard InChI is InChI=1S/C23H33N5O2/c1-17-22(25-18(2)28(17)21-8-10-26(3)11-9-21)23(29)24-16-19-4-6-20(7-5-19)27-12-14-30-15-13-27/h4-7,21H,8-16H2,1-3H3,(H,24,29). The Balaban J connectivity index is 1.38. The van der Waals surface area contributed by atoms with Crippen molar-refractivity contribution in [3.8, 4) is 0 Å². The molecule has 1 amide bonds. The minimum atomic E-state index is -0.0977. The number of nitrogens with one attached hydrogen (secondary N) is 1. The maximum absolute atomic E-state index is 12.8. The molecule has 7 heteroatoms. The van der Waals surface area contributed by atoms with Gasteiger partial charge in [-0.15, -0.1) is 0 Å². The molecular formula is C23H33N5O2. The highest BCUT2D eigenvalue weighted by atomic mass is 16.5. The van der Waals surface area contributed by atoms with Gasteiger partial charge in [0.05, 0.1) is 13.2 Å². The molecule has 0 bridgehead atoms. The molecule has 2 aliphatic heterocycles. The number of benzene rings is 1. The minimum absolute atomic E-state index is 0.0977. The number of ether oxygens (including phenoxy) is 1. The fourth-order valence-corrected chi connectivity index (χ4v) is 4.57. The number of rotatable bonds is 5. The van der Waals surface area contributed by atoms with Crippen LogP contribution in [-0.2, 0) is 11.3 Å². The highest BCUT2D eigenvalue weighted by Crippen LogP contribution is 2.26. The molecule has 1 aromatic carbocycles. The molecule has 30 heavy (non-hydrogen) atoms. The first-order valence-corrected chi connectivity index (χ1v) is 11.0. The molecule has 0 radical (unpaired) electrons. The van der Waals surface area contributed by atoms with E-state index >= 15 is 0 Å². The molecule has 3 heterocycles. The molecule has 4 rings (SSSR count). The van der Waals surface area contributed by atoms with E-state index in [1.165, 1.54) is 5.69 Å². The van der Waals surface area contributed by atoms with Crippen LogP contribution in [0, 0.1) is 13.8 Å². The van der Waals surface area contributed by atoms with Crippen LogP contribution in [0.4, 0.5) is 5.69 Å². The second kappa shape index (κ2) is 9.18. The van der Waals surface area contributed by atoms with Gasteiger partial charge in [0.15, 0.2) is 0 Å². The van der Waals surface area contributed by atoms with Crippen molar-refractivity contribution in [2.75, 3.05) is 51.3 Å². The average Bonchev–Trinajstić information content (AvgIpc) is 3.08. The lowest BCUT2D eigenvalue weighted by atomic mass is 10.0. The lowest BCUT2D eigenvalue weighted by molar-refractivity contribution is 0.0945. The highest BCUT2D eigenvalue weighted by molar-refractivity contribution is 5.93. The fourth-order valence-electron chi connectivity index (χ4n) is 4.57. The van der Waals surface area contributed by atoms with Gasteiger partial charge in [-0.2, -0.15) is 0 Å². The van der Waals surface area contributed by atoms with E-state index in [9.17, 15) is 4.79 Å². The molecule has 2 fully saturated rings. The van der Waals surface area contributed by atoms with Crippen molar-refractivity contribution in [3.05, 3.63) is 47.0 Å². The van der Waals surface area contributed by atoms with Crippen LogP contribution in [-0.4, -0.2) is 66.8 Å². The predicted octanol–water partition coefficient (Wildman–Crippen LogP) is 2.53. The Morgan fingerprint density at radius 2 is 1.77 bits per heavy atom. The number of amides is 1. The van der Waals surface area contributed by atoms with E-state index in [0.29, 0.717) is 18.3 Å². The number of piperidine rings is 1. The molecule has 1 N–H and O–H groups in total. The molecule has 1 aromatic heterocycles. The zero-order chi connectivity index (χ0) is 21.1. The number of anilines is 1. The summed E-state index contributed by atoms with van der Waals surface area (Å²) in [6, 6.07) is 8.84. The van der Waals surface area contributed by atoms with E-state index in [1.54, 1.807) is 0 Å². The van der Waals surface area contributed by atoms with E-state index in [1.807, 2.05) is 13.8 Å². The van der Waals surface area contributed by atoms with Crippen molar-refractivity contribution >= 4 is 11.6 Å². The van der Waals surface area contributed by atoms with Gasteiger partial charge < -0.3 is 24.4 Å². The van der Waals surface area contributed by atoms with Crippen LogP contribution in [0.2, 0.25) is 0 Å². The fraction of sp³-hybridized carbons (Fsp3) is 0.565. The number of likely N-dealkylation sites (tertiary alicyclic amines) is 1. The predicted molar refractivity (Wildman–Crippen MR) is 118 cm³/mol. The summed E-state index contributed by atoms with van der Waals surface area (Å²) in [5, 5.41) is 3.05. The Morgan fingerprint density at radius 3 is 2.43 bits per heavy atom. The van der Waals surface area contributed by atoms with Crippen LogP contribution >= 0.6 is 0 Å². The topological polar surface area (TPSA) is 62.6 Å². The molecule has 162 valence electrons. The lowest BCUT2D eigenvalue weighted by Crippen LogP contribution is -2.36. The van der Waals surface area contributed by atoms with Gasteiger partial charge in [0.25, 0.3) is 5.91 Å². The molecule has 7 nitrogen and oxygen atoms in total. The summed E-state index contributed by atoms with van der Waals surface area (Å²) >= 11 is 0. The van der Waals surface area contributed by atoms with E-state index in [4.69, 9.17) is 4.74 Å². The number of carbonyl (C=O) groups is 1. The number of hydrogen-bond acceptors (Lipinski definition) is 5. The smallest absolute Gasteiger partial charge is 0.272 e. The van der Waals surface area contributed by atoms with Crippen LogP contribution in [0.5, 0.6) is 0 Å². The summed E-state index contributed by atoms with van der Waals surface area (Å²) < 4.78 is 7.68. The summed E-state index contributed by atoms with van der Waals surface area (Å²) in [5.74, 6) is 0.835. The Kier molecular flexibility index (Phi) is 6.39. The highest BCUT2D eigenvalue weighted by Gasteiger charge is 2.25. The molecule has 0 atom stereocenters. The van der Waals surface area contributed by atoms with E-state index in [0.717, 1.165) is 69.3 Å². The van der Waals surface area contributed by atoms with Crippen molar-refractivity contribution < 1.29 is 9.53 Å². The van der Waals surface area contributed by atoms with Crippen LogP contribution in [0.3, 0.4) is 0 Å². The molecule has 0 saturated carbocycles. The molecule has 0 aliphatic carbocycles. The van der Waals surface area contributed by atoms with Gasteiger partial charge in [-0.1, -0.05) is 12.1 Å². The summed E-state index contributed by atoms with van der Waals surface area (Å²) in [6.45, 7) is 10.1. The van der Waals surface area contributed by atoms with Gasteiger partial charge in [-0.3, -0.25) is 4.79 Å². The first-order valence-electron chi connectivity index (χ1n) is 11.0. The Morgan fingerprint density at radius 1 is 1.10 bits per heavy atom. The summed E-state index contributed by atoms with van der Waals surface area (Å²) in [7, 11) is 2.16. The zero-order valence-corrected chi connectivity index (χ0v) is 18.4. The van der Waals surface area contributed by atoms with Crippen LogP contribution < -0.4 is 10.2 Å². The number of aromatic nitrogens is 2. The number of imidazole rings is 1. The van der Waals surface area contributed by atoms with Gasteiger partial charge in [0.2, 0.25) is 0 Å². The van der Waals surface area contributed by atoms with Gasteiger partial charge >= 0.3 is 0 Å². The third-order valence-electron chi connectivity index (χ3n) is 6.36. The normalized spacial score (nSPS) is 18.6. The second-order valence-corrected chi connectivity index (χ2v) is 8.45. The van der Waals surface area contributed by atoms with Crippen LogP contribution in [0.1, 0.15) is 46.5 Å². The first kappa shape index (κ1) is 20.9. The van der Waals surface area contributed by atoms with Gasteiger partial charge in [0, 0.05) is 37.1 Å². The molecule has 0 unspecified atom stereocenters. The second-order valence-electron chi connectivity index (χ2n) is 8.45. The number of aryl methyl sites for hydroxylation is 1. The number of carbonyl (C=O) groups excluding carboxylic acids is 1. The van der Waals surface area contributed by atoms with Crippen LogP contribution in [0.25, 0.3) is 0 Å². The SMILES string of the molecule is Cc1nc(C(=O)NCc2ccc(N3CCOCC3)cc2)c(C)n1C1CCN(C)CC1. The molecule has 2 aliphatic rings. The Labute approximate surface area is 179 Å².